The normalized spacial score (nSPS) is 19.9. The molecular formula is C25H26N4O4S. The van der Waals surface area contributed by atoms with E-state index in [1.54, 1.807) is 42.9 Å². The minimum absolute atomic E-state index is 0.0804. The van der Waals surface area contributed by atoms with E-state index in [0.717, 1.165) is 0 Å². The van der Waals surface area contributed by atoms with Crippen molar-refractivity contribution >= 4 is 23.5 Å². The summed E-state index contributed by atoms with van der Waals surface area (Å²) in [5.41, 5.74) is 0.00637. The number of aromatic nitrogens is 3. The Hall–Kier alpha value is -3.30. The Morgan fingerprint density at radius 1 is 1.09 bits per heavy atom. The van der Waals surface area contributed by atoms with E-state index in [-0.39, 0.29) is 29.8 Å². The molecule has 1 aromatic carbocycles. The van der Waals surface area contributed by atoms with Crippen LogP contribution in [0.25, 0.3) is 11.4 Å². The van der Waals surface area contributed by atoms with Crippen molar-refractivity contribution in [2.24, 2.45) is 0 Å². The summed E-state index contributed by atoms with van der Waals surface area (Å²) in [6.45, 7) is 2.33. The first kappa shape index (κ1) is 23.8. The SMILES string of the molecule is COC(=O)c1c(SC)ccnc1O[C@]1(C(=O)c2ccccc2-c2ncccn2)CC[C@@H](C)NC1. The summed E-state index contributed by atoms with van der Waals surface area (Å²) in [4.78, 5) is 40.4. The molecule has 0 amide bonds. The van der Waals surface area contributed by atoms with Crippen molar-refractivity contribution in [3.63, 3.8) is 0 Å². The van der Waals surface area contributed by atoms with Crippen molar-refractivity contribution in [1.29, 1.82) is 0 Å². The molecule has 34 heavy (non-hydrogen) atoms. The van der Waals surface area contributed by atoms with E-state index in [1.807, 2.05) is 18.4 Å². The topological polar surface area (TPSA) is 103 Å². The van der Waals surface area contributed by atoms with Gasteiger partial charge in [-0.05, 0) is 38.2 Å². The Morgan fingerprint density at radius 3 is 2.53 bits per heavy atom. The Bertz CT molecular complexity index is 1180. The summed E-state index contributed by atoms with van der Waals surface area (Å²) in [6, 6.07) is 10.9. The maximum Gasteiger partial charge on any atom is 0.344 e. The Morgan fingerprint density at radius 2 is 1.85 bits per heavy atom. The number of hydrogen-bond donors (Lipinski definition) is 1. The van der Waals surface area contributed by atoms with E-state index >= 15 is 0 Å². The van der Waals surface area contributed by atoms with Gasteiger partial charge in [-0.2, -0.15) is 0 Å². The highest BCUT2D eigenvalue weighted by molar-refractivity contribution is 7.98. The molecular weight excluding hydrogens is 452 g/mol. The van der Waals surface area contributed by atoms with Gasteiger partial charge in [0.25, 0.3) is 0 Å². The van der Waals surface area contributed by atoms with Gasteiger partial charge in [0, 0.05) is 47.2 Å². The largest absolute Gasteiger partial charge is 0.465 e. The monoisotopic (exact) mass is 478 g/mol. The van der Waals surface area contributed by atoms with Crippen LogP contribution >= 0.6 is 11.8 Å². The number of Topliss-reactive ketones (excluding diaryl/α,β-unsaturated/α-hetero) is 1. The van der Waals surface area contributed by atoms with E-state index in [0.29, 0.717) is 34.7 Å². The molecule has 1 fully saturated rings. The molecule has 1 aliphatic heterocycles. The summed E-state index contributed by atoms with van der Waals surface area (Å²) in [7, 11) is 1.31. The first-order chi connectivity index (χ1) is 16.5. The van der Waals surface area contributed by atoms with Crippen molar-refractivity contribution in [2.45, 2.75) is 36.3 Å². The number of rotatable bonds is 7. The lowest BCUT2D eigenvalue weighted by molar-refractivity contribution is 0.0246. The van der Waals surface area contributed by atoms with Crippen LogP contribution in [0.5, 0.6) is 5.88 Å². The number of carbonyl (C=O) groups is 2. The summed E-state index contributed by atoms with van der Waals surface area (Å²) < 4.78 is 11.4. The third-order valence-corrected chi connectivity index (χ3v) is 6.67. The number of hydrogen-bond acceptors (Lipinski definition) is 9. The van der Waals surface area contributed by atoms with Gasteiger partial charge in [0.1, 0.15) is 5.56 Å². The molecule has 0 spiro atoms. The highest BCUT2D eigenvalue weighted by Crippen LogP contribution is 2.35. The third kappa shape index (κ3) is 4.67. The average molecular weight is 479 g/mol. The molecule has 0 bridgehead atoms. The first-order valence-corrected chi connectivity index (χ1v) is 12.2. The van der Waals surface area contributed by atoms with Crippen LogP contribution in [-0.4, -0.2) is 58.3 Å². The van der Waals surface area contributed by atoms with Gasteiger partial charge in [-0.25, -0.2) is 19.7 Å². The molecule has 1 N–H and O–H groups in total. The highest BCUT2D eigenvalue weighted by atomic mass is 32.2. The van der Waals surface area contributed by atoms with Gasteiger partial charge in [-0.3, -0.25) is 4.79 Å². The van der Waals surface area contributed by atoms with Crippen LogP contribution in [-0.2, 0) is 4.74 Å². The summed E-state index contributed by atoms with van der Waals surface area (Å²) in [5, 5.41) is 3.37. The van der Waals surface area contributed by atoms with E-state index in [9.17, 15) is 9.59 Å². The predicted molar refractivity (Wildman–Crippen MR) is 129 cm³/mol. The molecule has 0 radical (unpaired) electrons. The van der Waals surface area contributed by atoms with Crippen LogP contribution in [0.15, 0.2) is 59.9 Å². The van der Waals surface area contributed by atoms with E-state index in [2.05, 4.69) is 27.2 Å². The minimum Gasteiger partial charge on any atom is -0.465 e. The Balaban J connectivity index is 1.81. The minimum atomic E-state index is -1.27. The van der Waals surface area contributed by atoms with Crippen molar-refractivity contribution in [3.05, 3.63) is 66.1 Å². The second-order valence-corrected chi connectivity index (χ2v) is 8.90. The van der Waals surface area contributed by atoms with E-state index in [4.69, 9.17) is 9.47 Å². The number of ketones is 1. The summed E-state index contributed by atoms with van der Waals surface area (Å²) in [6.07, 6.45) is 7.87. The van der Waals surface area contributed by atoms with Crippen LogP contribution in [0.3, 0.4) is 0 Å². The molecule has 0 aliphatic carbocycles. The van der Waals surface area contributed by atoms with Gasteiger partial charge in [0.15, 0.2) is 11.4 Å². The molecule has 1 saturated heterocycles. The number of thioether (sulfide) groups is 1. The lowest BCUT2D eigenvalue weighted by atomic mass is 9.82. The van der Waals surface area contributed by atoms with Gasteiger partial charge in [0.05, 0.1) is 7.11 Å². The fraction of sp³-hybridized carbons (Fsp3) is 0.320. The fourth-order valence-corrected chi connectivity index (χ4v) is 4.59. The van der Waals surface area contributed by atoms with Gasteiger partial charge in [-0.15, -0.1) is 11.8 Å². The molecule has 9 heteroatoms. The maximum absolute atomic E-state index is 14.2. The second-order valence-electron chi connectivity index (χ2n) is 8.05. The lowest BCUT2D eigenvalue weighted by Gasteiger charge is -2.39. The highest BCUT2D eigenvalue weighted by Gasteiger charge is 2.46. The number of piperidine rings is 1. The number of ether oxygens (including phenoxy) is 2. The van der Waals surface area contributed by atoms with E-state index in [1.165, 1.54) is 18.9 Å². The zero-order valence-electron chi connectivity index (χ0n) is 19.3. The maximum atomic E-state index is 14.2. The predicted octanol–water partition coefficient (Wildman–Crippen LogP) is 3.82. The van der Waals surface area contributed by atoms with Crippen LogP contribution in [0.1, 0.15) is 40.5 Å². The number of methoxy groups -OCH3 is 1. The van der Waals surface area contributed by atoms with Gasteiger partial charge in [0.2, 0.25) is 11.7 Å². The van der Waals surface area contributed by atoms with Crippen molar-refractivity contribution in [1.82, 2.24) is 20.3 Å². The van der Waals surface area contributed by atoms with Crippen molar-refractivity contribution in [3.8, 4) is 17.3 Å². The smallest absolute Gasteiger partial charge is 0.344 e. The molecule has 176 valence electrons. The quantitative estimate of drug-likeness (QED) is 0.308. The molecule has 4 rings (SSSR count). The third-order valence-electron chi connectivity index (χ3n) is 5.89. The van der Waals surface area contributed by atoms with Gasteiger partial charge in [-0.1, -0.05) is 24.3 Å². The van der Waals surface area contributed by atoms with E-state index < -0.39 is 11.6 Å². The number of pyridine rings is 1. The number of esters is 1. The number of carbonyl (C=O) groups excluding carboxylic acids is 2. The number of benzene rings is 1. The molecule has 2 atom stereocenters. The molecule has 3 heterocycles. The number of nitrogens with zero attached hydrogens (tertiary/aromatic N) is 3. The molecule has 0 unspecified atom stereocenters. The molecule has 8 nitrogen and oxygen atoms in total. The van der Waals surface area contributed by atoms with Crippen LogP contribution in [0.2, 0.25) is 0 Å². The molecule has 0 saturated carbocycles. The summed E-state index contributed by atoms with van der Waals surface area (Å²) >= 11 is 1.38. The second kappa shape index (κ2) is 10.3. The van der Waals surface area contributed by atoms with Crippen LogP contribution < -0.4 is 10.1 Å². The number of nitrogens with one attached hydrogen (secondary N) is 1. The Kier molecular flexibility index (Phi) is 7.23. The lowest BCUT2D eigenvalue weighted by Crippen LogP contribution is -2.58. The van der Waals surface area contributed by atoms with Gasteiger partial charge >= 0.3 is 5.97 Å². The van der Waals surface area contributed by atoms with Gasteiger partial charge < -0.3 is 14.8 Å². The first-order valence-electron chi connectivity index (χ1n) is 10.9. The fourth-order valence-electron chi connectivity index (χ4n) is 4.01. The van der Waals surface area contributed by atoms with Crippen molar-refractivity contribution < 1.29 is 19.1 Å². The standard InChI is InChI=1S/C25H26N4O4S/c1-16-9-11-25(15-29-16,33-23-20(24(31)32-2)19(34-3)10-14-28-23)21(30)17-7-4-5-8-18(17)22-26-12-6-13-27-22/h4-8,10,12-14,16,29H,9,11,15H2,1-3H3/t16-,25-/m1/s1. The molecule has 1 aliphatic rings. The Labute approximate surface area is 202 Å². The summed E-state index contributed by atoms with van der Waals surface area (Å²) in [5.74, 6) is -0.249. The molecule has 2 aromatic heterocycles. The van der Waals surface area contributed by atoms with Crippen molar-refractivity contribution in [2.75, 3.05) is 19.9 Å². The van der Waals surface area contributed by atoms with Crippen LogP contribution in [0.4, 0.5) is 0 Å². The average Bonchev–Trinajstić information content (AvgIpc) is 2.89. The van der Waals surface area contributed by atoms with Crippen LogP contribution in [0, 0.1) is 0 Å². The zero-order valence-corrected chi connectivity index (χ0v) is 20.1. The molecule has 3 aromatic rings. The zero-order chi connectivity index (χ0) is 24.1.